The Bertz CT molecular complexity index is 949. The minimum absolute atomic E-state index is 0.0637. The van der Waals surface area contributed by atoms with E-state index in [1.165, 1.54) is 199 Å². The first kappa shape index (κ1) is 60.4. The van der Waals surface area contributed by atoms with Gasteiger partial charge in [0.25, 0.3) is 0 Å². The van der Waals surface area contributed by atoms with Crippen LogP contribution in [0.5, 0.6) is 0 Å². The molecular weight excluding hydrogens is 769 g/mol. The van der Waals surface area contributed by atoms with Crippen LogP contribution >= 0.6 is 0 Å². The average Bonchev–Trinajstić information content (AvgIpc) is 3.26. The summed E-state index contributed by atoms with van der Waals surface area (Å²) in [6, 6.07) is 0. The molecule has 0 saturated heterocycles. The molecule has 6 nitrogen and oxygen atoms in total. The second-order valence-electron chi connectivity index (χ2n) is 19.9. The number of carbonyl (C=O) groups is 3. The van der Waals surface area contributed by atoms with E-state index in [-0.39, 0.29) is 31.1 Å². The summed E-state index contributed by atoms with van der Waals surface area (Å²) in [6.07, 6.45) is 50.9. The van der Waals surface area contributed by atoms with E-state index in [2.05, 4.69) is 34.6 Å². The maximum Gasteiger partial charge on any atom is 0.306 e. The summed E-state index contributed by atoms with van der Waals surface area (Å²) in [5.74, 6) is 0.817. The van der Waals surface area contributed by atoms with Gasteiger partial charge in [0.2, 0.25) is 0 Å². The molecule has 0 aliphatic carbocycles. The average molecular weight is 877 g/mol. The predicted molar refractivity (Wildman–Crippen MR) is 266 cm³/mol. The van der Waals surface area contributed by atoms with Crippen LogP contribution in [-0.4, -0.2) is 37.2 Å². The van der Waals surface area contributed by atoms with Crippen molar-refractivity contribution in [3.8, 4) is 0 Å². The Labute approximate surface area is 387 Å². The summed E-state index contributed by atoms with van der Waals surface area (Å²) in [4.78, 5) is 38.0. The van der Waals surface area contributed by atoms with Crippen molar-refractivity contribution < 1.29 is 28.6 Å². The summed E-state index contributed by atoms with van der Waals surface area (Å²) >= 11 is 0. The van der Waals surface area contributed by atoms with E-state index in [9.17, 15) is 14.4 Å². The minimum Gasteiger partial charge on any atom is -0.462 e. The van der Waals surface area contributed by atoms with Crippen molar-refractivity contribution in [3.05, 3.63) is 0 Å². The van der Waals surface area contributed by atoms with Gasteiger partial charge in [0, 0.05) is 19.3 Å². The fourth-order valence-corrected chi connectivity index (χ4v) is 8.49. The normalized spacial score (nSPS) is 12.5. The first-order valence-electron chi connectivity index (χ1n) is 27.8. The van der Waals surface area contributed by atoms with E-state index < -0.39 is 6.10 Å². The maximum atomic E-state index is 12.8. The number of rotatable bonds is 50. The molecule has 62 heavy (non-hydrogen) atoms. The molecule has 0 bridgehead atoms. The first-order chi connectivity index (χ1) is 30.3. The summed E-state index contributed by atoms with van der Waals surface area (Å²) in [5.41, 5.74) is 0. The van der Waals surface area contributed by atoms with Crippen LogP contribution in [0.25, 0.3) is 0 Å². The zero-order valence-corrected chi connectivity index (χ0v) is 42.5. The Morgan fingerprint density at radius 1 is 0.339 bits per heavy atom. The molecule has 0 aliphatic heterocycles. The molecule has 0 rings (SSSR count). The molecule has 0 aromatic carbocycles. The maximum absolute atomic E-state index is 12.8. The molecule has 0 heterocycles. The molecule has 1 unspecified atom stereocenters. The van der Waals surface area contributed by atoms with E-state index in [1.54, 1.807) is 0 Å². The van der Waals surface area contributed by atoms with Crippen LogP contribution in [0, 0.1) is 11.8 Å². The lowest BCUT2D eigenvalue weighted by Crippen LogP contribution is -2.30. The monoisotopic (exact) mass is 877 g/mol. The lowest BCUT2D eigenvalue weighted by atomic mass is 9.99. The molecule has 0 amide bonds. The SMILES string of the molecule is CCCCCCCCCCCCCCCCCCCCCC(=O)OC[C@H](COC(=O)CCCCCCCCCCC(C)C)OC(=O)CCCCCCCCCCCCC(C)CC. The Balaban J connectivity index is 4.26. The van der Waals surface area contributed by atoms with Crippen molar-refractivity contribution in [2.75, 3.05) is 13.2 Å². The van der Waals surface area contributed by atoms with Gasteiger partial charge in [-0.1, -0.05) is 272 Å². The smallest absolute Gasteiger partial charge is 0.306 e. The second-order valence-corrected chi connectivity index (χ2v) is 19.9. The topological polar surface area (TPSA) is 78.9 Å². The molecule has 0 aliphatic rings. The van der Waals surface area contributed by atoms with Crippen LogP contribution in [0.15, 0.2) is 0 Å². The summed E-state index contributed by atoms with van der Waals surface area (Å²) in [6.45, 7) is 11.4. The highest BCUT2D eigenvalue weighted by Crippen LogP contribution is 2.18. The standard InChI is InChI=1S/C56H108O6/c1-6-8-9-10-11-12-13-14-15-16-17-18-19-20-21-25-31-36-41-46-54(57)60-49-53(50-61-55(58)47-42-37-32-28-27-29-34-39-44-51(3)4)62-56(59)48-43-38-33-26-23-22-24-30-35-40-45-52(5)7-2/h51-53H,6-50H2,1-5H3/t52?,53-/m1/s1. The van der Waals surface area contributed by atoms with Crippen molar-refractivity contribution in [3.63, 3.8) is 0 Å². The molecule has 6 heteroatoms. The Kier molecular flexibility index (Phi) is 47.6. The van der Waals surface area contributed by atoms with Gasteiger partial charge in [-0.15, -0.1) is 0 Å². The molecule has 0 radical (unpaired) electrons. The van der Waals surface area contributed by atoms with Gasteiger partial charge >= 0.3 is 17.9 Å². The van der Waals surface area contributed by atoms with Gasteiger partial charge in [-0.25, -0.2) is 0 Å². The highest BCUT2D eigenvalue weighted by Gasteiger charge is 2.19. The van der Waals surface area contributed by atoms with Gasteiger partial charge in [-0.3, -0.25) is 14.4 Å². The molecule has 0 spiro atoms. The summed E-state index contributed by atoms with van der Waals surface area (Å²) < 4.78 is 16.8. The van der Waals surface area contributed by atoms with Crippen molar-refractivity contribution >= 4 is 17.9 Å². The van der Waals surface area contributed by atoms with E-state index in [1.807, 2.05) is 0 Å². The van der Waals surface area contributed by atoms with Gasteiger partial charge in [-0.2, -0.15) is 0 Å². The van der Waals surface area contributed by atoms with E-state index >= 15 is 0 Å². The number of unbranched alkanes of at least 4 members (excludes halogenated alkanes) is 34. The Morgan fingerprint density at radius 2 is 0.613 bits per heavy atom. The molecule has 0 aromatic heterocycles. The number of esters is 3. The molecular formula is C56H108O6. The molecule has 0 N–H and O–H groups in total. The number of carbonyl (C=O) groups excluding carboxylic acids is 3. The quantitative estimate of drug-likeness (QED) is 0.0344. The zero-order valence-electron chi connectivity index (χ0n) is 42.5. The first-order valence-corrected chi connectivity index (χ1v) is 27.8. The van der Waals surface area contributed by atoms with Crippen molar-refractivity contribution in [2.24, 2.45) is 11.8 Å². The van der Waals surface area contributed by atoms with Gasteiger partial charge in [-0.05, 0) is 31.1 Å². The third-order valence-electron chi connectivity index (χ3n) is 13.1. The van der Waals surface area contributed by atoms with E-state index in [4.69, 9.17) is 14.2 Å². The van der Waals surface area contributed by atoms with Crippen molar-refractivity contribution in [1.29, 1.82) is 0 Å². The summed E-state index contributed by atoms with van der Waals surface area (Å²) in [5, 5.41) is 0. The van der Waals surface area contributed by atoms with Crippen molar-refractivity contribution in [1.82, 2.24) is 0 Å². The molecule has 0 saturated carbocycles. The number of hydrogen-bond acceptors (Lipinski definition) is 6. The van der Waals surface area contributed by atoms with E-state index in [0.717, 1.165) is 69.6 Å². The fourth-order valence-electron chi connectivity index (χ4n) is 8.49. The second kappa shape index (κ2) is 48.9. The van der Waals surface area contributed by atoms with Crippen LogP contribution in [0.4, 0.5) is 0 Å². The Hall–Kier alpha value is -1.59. The lowest BCUT2D eigenvalue weighted by Gasteiger charge is -2.18. The fraction of sp³-hybridized carbons (Fsp3) is 0.946. The Morgan fingerprint density at radius 3 is 0.919 bits per heavy atom. The van der Waals surface area contributed by atoms with Crippen LogP contribution < -0.4 is 0 Å². The lowest BCUT2D eigenvalue weighted by molar-refractivity contribution is -0.167. The van der Waals surface area contributed by atoms with E-state index in [0.29, 0.717) is 19.3 Å². The largest absolute Gasteiger partial charge is 0.462 e. The van der Waals surface area contributed by atoms with Gasteiger partial charge in [0.1, 0.15) is 13.2 Å². The third kappa shape index (κ3) is 47.9. The van der Waals surface area contributed by atoms with Gasteiger partial charge in [0.05, 0.1) is 0 Å². The number of ether oxygens (including phenoxy) is 3. The summed E-state index contributed by atoms with van der Waals surface area (Å²) in [7, 11) is 0. The molecule has 2 atom stereocenters. The van der Waals surface area contributed by atoms with Crippen LogP contribution in [-0.2, 0) is 28.6 Å². The van der Waals surface area contributed by atoms with Crippen LogP contribution in [0.2, 0.25) is 0 Å². The molecule has 368 valence electrons. The van der Waals surface area contributed by atoms with Crippen LogP contribution in [0.1, 0.15) is 311 Å². The highest BCUT2D eigenvalue weighted by molar-refractivity contribution is 5.71. The van der Waals surface area contributed by atoms with Crippen LogP contribution in [0.3, 0.4) is 0 Å². The molecule has 0 aromatic rings. The number of hydrogen-bond donors (Lipinski definition) is 0. The third-order valence-corrected chi connectivity index (χ3v) is 13.1. The van der Waals surface area contributed by atoms with Crippen molar-refractivity contribution in [2.45, 2.75) is 317 Å². The molecule has 0 fully saturated rings. The van der Waals surface area contributed by atoms with Gasteiger partial charge in [0.15, 0.2) is 6.10 Å². The van der Waals surface area contributed by atoms with Gasteiger partial charge < -0.3 is 14.2 Å². The minimum atomic E-state index is -0.763. The highest BCUT2D eigenvalue weighted by atomic mass is 16.6. The zero-order chi connectivity index (χ0) is 45.4. The predicted octanol–water partition coefficient (Wildman–Crippen LogP) is 18.1.